The molecule has 3 rings (SSSR count). The zero-order chi connectivity index (χ0) is 30.7. The van der Waals surface area contributed by atoms with Gasteiger partial charge in [0.25, 0.3) is 0 Å². The normalized spacial score (nSPS) is 22.0. The summed E-state index contributed by atoms with van der Waals surface area (Å²) in [6, 6.07) is 7.42. The highest BCUT2D eigenvalue weighted by atomic mass is 32.2. The molecule has 2 aromatic carbocycles. The van der Waals surface area contributed by atoms with Crippen molar-refractivity contribution in [2.75, 3.05) is 19.3 Å². The number of β-amino-alcohol motifs (C(OH)–C–C–N with tert-alkyl or cyclic N) is 1. The number of hydrogen-bond donors (Lipinski definition) is 3. The fourth-order valence-electron chi connectivity index (χ4n) is 5.25. The van der Waals surface area contributed by atoms with E-state index in [1.807, 2.05) is 26.0 Å². The Morgan fingerprint density at radius 3 is 2.50 bits per heavy atom. The fraction of sp³-hybridized carbons (Fsp3) is 0.531. The summed E-state index contributed by atoms with van der Waals surface area (Å²) in [4.78, 5) is 13.7. The molecule has 1 aliphatic rings. The summed E-state index contributed by atoms with van der Waals surface area (Å²) in [5.74, 6) is -2.16. The van der Waals surface area contributed by atoms with Crippen molar-refractivity contribution in [2.45, 2.75) is 89.9 Å². The van der Waals surface area contributed by atoms with Crippen LogP contribution in [0.2, 0.25) is 0 Å². The highest BCUT2D eigenvalue weighted by Crippen LogP contribution is 2.18. The van der Waals surface area contributed by atoms with Gasteiger partial charge in [-0.15, -0.1) is 0 Å². The van der Waals surface area contributed by atoms with Gasteiger partial charge in [0.05, 0.1) is 17.9 Å². The minimum atomic E-state index is -3.73. The van der Waals surface area contributed by atoms with E-state index in [0.717, 1.165) is 65.7 Å². The number of rotatable bonds is 8. The number of carbonyl (C=O) groups is 1. The molecule has 42 heavy (non-hydrogen) atoms. The van der Waals surface area contributed by atoms with Crippen LogP contribution in [0.1, 0.15) is 67.7 Å². The third-order valence-electron chi connectivity index (χ3n) is 7.73. The number of benzene rings is 2. The molecule has 1 amide bonds. The van der Waals surface area contributed by atoms with Crippen molar-refractivity contribution in [2.24, 2.45) is 0 Å². The zero-order valence-corrected chi connectivity index (χ0v) is 25.7. The molecule has 7 nitrogen and oxygen atoms in total. The van der Waals surface area contributed by atoms with Gasteiger partial charge in [0.2, 0.25) is 15.9 Å². The number of allylic oxidation sites excluding steroid dienone is 1. The lowest BCUT2D eigenvalue weighted by Crippen LogP contribution is -2.55. The average Bonchev–Trinajstić information content (AvgIpc) is 2.91. The molecular formula is C32H45F2N3O4S. The number of nitrogens with zero attached hydrogens (tertiary/aromatic N) is 1. The van der Waals surface area contributed by atoms with Crippen molar-refractivity contribution in [1.29, 1.82) is 0 Å². The van der Waals surface area contributed by atoms with E-state index in [1.54, 1.807) is 0 Å². The molecule has 2 aromatic rings. The molecule has 3 N–H and O–H groups in total. The number of aryl methyl sites for hydroxylation is 2. The molecule has 0 saturated carbocycles. The van der Waals surface area contributed by atoms with Gasteiger partial charge in [0.15, 0.2) is 0 Å². The highest BCUT2D eigenvalue weighted by molar-refractivity contribution is 7.89. The molecule has 0 unspecified atom stereocenters. The van der Waals surface area contributed by atoms with Crippen LogP contribution in [0.4, 0.5) is 8.78 Å². The molecule has 0 spiro atoms. The third-order valence-corrected chi connectivity index (χ3v) is 9.67. The Labute approximate surface area is 249 Å². The first-order valence-corrected chi connectivity index (χ1v) is 16.4. The molecule has 0 saturated heterocycles. The second-order valence-corrected chi connectivity index (χ2v) is 13.4. The molecule has 232 valence electrons. The Bertz CT molecular complexity index is 1300. The SMILES string of the molecule is CCCCCS(=O)(=O)N(C)[C@H]1C/C=C/CCCc2ccc(C)cc2CNC[C@@H](O)[C@H](Cc2cc(F)cc(F)c2)NC1=O. The lowest BCUT2D eigenvalue weighted by Gasteiger charge is -2.30. The Balaban J connectivity index is 1.92. The minimum Gasteiger partial charge on any atom is -0.390 e. The number of nitrogens with one attached hydrogen (secondary N) is 2. The van der Waals surface area contributed by atoms with Crippen LogP contribution in [0, 0.1) is 18.6 Å². The maximum atomic E-state index is 14.0. The summed E-state index contributed by atoms with van der Waals surface area (Å²) in [6.07, 6.45) is 7.43. The highest BCUT2D eigenvalue weighted by Gasteiger charge is 2.33. The van der Waals surface area contributed by atoms with E-state index in [4.69, 9.17) is 0 Å². The standard InChI is InChI=1S/C32H45F2N3O4S/c1-4-5-10-15-42(40,41)37(3)30-12-9-7-6-8-11-25-14-13-23(2)16-26(25)21-35-22-31(38)29(36-32(30)39)19-24-17-27(33)20-28(34)18-24/h7,9,13-14,16-18,20,29-31,35,38H,4-6,8,10-12,15,19,21-22H2,1-3H3,(H,36,39)/b9-7+/t29-,30-,31+/m0/s1. The van der Waals surface area contributed by atoms with Gasteiger partial charge in [-0.25, -0.2) is 17.2 Å². The number of hydrogen-bond acceptors (Lipinski definition) is 5. The van der Waals surface area contributed by atoms with Gasteiger partial charge in [-0.2, -0.15) is 4.31 Å². The van der Waals surface area contributed by atoms with E-state index >= 15 is 0 Å². The number of aliphatic hydroxyl groups is 1. The Morgan fingerprint density at radius 1 is 1.05 bits per heavy atom. The molecule has 0 bridgehead atoms. The molecular weight excluding hydrogens is 560 g/mol. The Morgan fingerprint density at radius 2 is 1.79 bits per heavy atom. The van der Waals surface area contributed by atoms with Gasteiger partial charge in [-0.05, 0) is 74.3 Å². The summed E-state index contributed by atoms with van der Waals surface area (Å²) in [5, 5.41) is 17.3. The van der Waals surface area contributed by atoms with Crippen LogP contribution in [0.25, 0.3) is 0 Å². The van der Waals surface area contributed by atoms with Crippen molar-refractivity contribution in [3.63, 3.8) is 0 Å². The summed E-state index contributed by atoms with van der Waals surface area (Å²) >= 11 is 0. The second kappa shape index (κ2) is 16.3. The smallest absolute Gasteiger partial charge is 0.239 e. The van der Waals surface area contributed by atoms with Gasteiger partial charge in [-0.3, -0.25) is 4.79 Å². The predicted molar refractivity (Wildman–Crippen MR) is 162 cm³/mol. The van der Waals surface area contributed by atoms with Gasteiger partial charge in [-0.1, -0.05) is 55.7 Å². The maximum absolute atomic E-state index is 14.0. The van der Waals surface area contributed by atoms with Gasteiger partial charge in [0.1, 0.15) is 17.7 Å². The first kappa shape index (κ1) is 33.8. The monoisotopic (exact) mass is 605 g/mol. The lowest BCUT2D eigenvalue weighted by atomic mass is 9.98. The maximum Gasteiger partial charge on any atom is 0.239 e. The Hall–Kier alpha value is -2.66. The zero-order valence-electron chi connectivity index (χ0n) is 24.9. The number of carbonyl (C=O) groups excluding carboxylic acids is 1. The second-order valence-electron chi connectivity index (χ2n) is 11.2. The van der Waals surface area contributed by atoms with Crippen LogP contribution >= 0.6 is 0 Å². The van der Waals surface area contributed by atoms with Crippen molar-refractivity contribution in [3.05, 3.63) is 82.4 Å². The average molecular weight is 606 g/mol. The number of unbranched alkanes of at least 4 members (excludes halogenated alkanes) is 2. The molecule has 0 fully saturated rings. The van der Waals surface area contributed by atoms with E-state index in [1.165, 1.54) is 12.6 Å². The Kier molecular flexibility index (Phi) is 13.1. The summed E-state index contributed by atoms with van der Waals surface area (Å²) in [7, 11) is -2.32. The molecule has 1 heterocycles. The van der Waals surface area contributed by atoms with Crippen LogP contribution in [-0.2, 0) is 34.2 Å². The largest absolute Gasteiger partial charge is 0.390 e. The van der Waals surface area contributed by atoms with Gasteiger partial charge in [0, 0.05) is 26.2 Å². The first-order chi connectivity index (χ1) is 20.0. The molecule has 0 radical (unpaired) electrons. The van der Waals surface area contributed by atoms with E-state index in [2.05, 4.69) is 28.8 Å². The number of halogens is 2. The van der Waals surface area contributed by atoms with Crippen LogP contribution in [-0.4, -0.2) is 61.3 Å². The fourth-order valence-corrected chi connectivity index (χ4v) is 6.68. The number of likely N-dealkylation sites (N-methyl/N-ethyl adjacent to an activating group) is 1. The van der Waals surface area contributed by atoms with Crippen LogP contribution in [0.15, 0.2) is 48.6 Å². The van der Waals surface area contributed by atoms with Crippen molar-refractivity contribution >= 4 is 15.9 Å². The van der Waals surface area contributed by atoms with E-state index < -0.39 is 45.8 Å². The minimum absolute atomic E-state index is 0.0471. The van der Waals surface area contributed by atoms with Crippen LogP contribution in [0.3, 0.4) is 0 Å². The van der Waals surface area contributed by atoms with Gasteiger partial charge < -0.3 is 15.7 Å². The van der Waals surface area contributed by atoms with E-state index in [0.29, 0.717) is 13.0 Å². The van der Waals surface area contributed by atoms with Crippen LogP contribution < -0.4 is 10.6 Å². The lowest BCUT2D eigenvalue weighted by molar-refractivity contribution is -0.126. The molecule has 0 aromatic heterocycles. The third kappa shape index (κ3) is 10.3. The molecule has 10 heteroatoms. The topological polar surface area (TPSA) is 98.7 Å². The van der Waals surface area contributed by atoms with E-state index in [-0.39, 0.29) is 30.7 Å². The molecule has 1 aliphatic heterocycles. The summed E-state index contributed by atoms with van der Waals surface area (Å²) < 4.78 is 55.4. The van der Waals surface area contributed by atoms with Crippen molar-refractivity contribution in [1.82, 2.24) is 14.9 Å². The number of aliphatic hydroxyl groups excluding tert-OH is 1. The predicted octanol–water partition coefficient (Wildman–Crippen LogP) is 4.55. The van der Waals surface area contributed by atoms with Gasteiger partial charge >= 0.3 is 0 Å². The number of fused-ring (bicyclic) bond motifs is 1. The first-order valence-electron chi connectivity index (χ1n) is 14.8. The number of sulfonamides is 1. The number of amides is 1. The molecule has 3 atom stereocenters. The summed E-state index contributed by atoms with van der Waals surface area (Å²) in [6.45, 7) is 4.62. The quantitative estimate of drug-likeness (QED) is 0.303. The van der Waals surface area contributed by atoms with E-state index in [9.17, 15) is 27.1 Å². The van der Waals surface area contributed by atoms with Crippen molar-refractivity contribution < 1.29 is 27.1 Å². The molecule has 0 aliphatic carbocycles. The van der Waals surface area contributed by atoms with Crippen LogP contribution in [0.5, 0.6) is 0 Å². The van der Waals surface area contributed by atoms with Crippen molar-refractivity contribution in [3.8, 4) is 0 Å². The summed E-state index contributed by atoms with van der Waals surface area (Å²) in [5.41, 5.74) is 3.73.